The van der Waals surface area contributed by atoms with Gasteiger partial charge in [0.1, 0.15) is 24.8 Å². The van der Waals surface area contributed by atoms with E-state index in [0.29, 0.717) is 25.7 Å². The molecule has 2 unspecified atom stereocenters. The molecule has 0 aromatic heterocycles. The van der Waals surface area contributed by atoms with Crippen LogP contribution in [0.25, 0.3) is 0 Å². The standard InChI is InChI=1S/C21H28FN3O5/c1-13(2)9-18(25-21(29)30-12-15-5-3-4-6-17(15)22)20(28)24-16(11-26)10-14-7-8-23-19(14)27/h3-6,11,13-14,16,18H,7-10,12H2,1-2H3,(H,23,27)(H,24,28)(H,25,29)/t14-,16?,18?/m0/s1. The number of carbonyl (C=O) groups is 4. The Bertz CT molecular complexity index is 771. The van der Waals surface area contributed by atoms with Crippen molar-refractivity contribution in [3.63, 3.8) is 0 Å². The Labute approximate surface area is 174 Å². The first-order valence-electron chi connectivity index (χ1n) is 10.00. The lowest BCUT2D eigenvalue weighted by molar-refractivity contribution is -0.127. The second kappa shape index (κ2) is 11.3. The number of halogens is 1. The number of hydrogen-bond acceptors (Lipinski definition) is 5. The molecule has 1 aromatic rings. The van der Waals surface area contributed by atoms with Gasteiger partial charge in [0.2, 0.25) is 11.8 Å². The number of hydrogen-bond donors (Lipinski definition) is 3. The molecule has 164 valence electrons. The molecule has 1 heterocycles. The highest BCUT2D eigenvalue weighted by Gasteiger charge is 2.30. The fourth-order valence-corrected chi connectivity index (χ4v) is 3.25. The van der Waals surface area contributed by atoms with Crippen molar-refractivity contribution < 1.29 is 28.3 Å². The molecular formula is C21H28FN3O5. The molecule has 1 aliphatic rings. The Morgan fingerprint density at radius 3 is 2.63 bits per heavy atom. The van der Waals surface area contributed by atoms with Crippen molar-refractivity contribution in [3.8, 4) is 0 Å². The van der Waals surface area contributed by atoms with E-state index in [-0.39, 0.29) is 36.3 Å². The van der Waals surface area contributed by atoms with Crippen molar-refractivity contribution in [2.75, 3.05) is 6.54 Å². The third-order valence-corrected chi connectivity index (χ3v) is 4.83. The summed E-state index contributed by atoms with van der Waals surface area (Å²) < 4.78 is 18.7. The molecule has 0 saturated carbocycles. The number of amides is 3. The van der Waals surface area contributed by atoms with E-state index in [1.807, 2.05) is 13.8 Å². The average molecular weight is 421 g/mol. The number of alkyl carbamates (subject to hydrolysis) is 1. The molecule has 3 atom stereocenters. The van der Waals surface area contributed by atoms with Gasteiger partial charge < -0.3 is 25.5 Å². The molecule has 3 N–H and O–H groups in total. The second-order valence-corrected chi connectivity index (χ2v) is 7.76. The summed E-state index contributed by atoms with van der Waals surface area (Å²) >= 11 is 0. The van der Waals surface area contributed by atoms with E-state index in [2.05, 4.69) is 16.0 Å². The van der Waals surface area contributed by atoms with Crippen molar-refractivity contribution in [2.45, 2.75) is 51.8 Å². The first-order chi connectivity index (χ1) is 14.3. The first kappa shape index (κ1) is 23.3. The van der Waals surface area contributed by atoms with E-state index in [0.717, 1.165) is 0 Å². The lowest BCUT2D eigenvalue weighted by Crippen LogP contribution is -2.51. The topological polar surface area (TPSA) is 114 Å². The summed E-state index contributed by atoms with van der Waals surface area (Å²) in [6, 6.07) is 4.14. The zero-order valence-electron chi connectivity index (χ0n) is 17.2. The largest absolute Gasteiger partial charge is 0.445 e. The molecule has 9 heteroatoms. The number of carbonyl (C=O) groups excluding carboxylic acids is 4. The highest BCUT2D eigenvalue weighted by molar-refractivity contribution is 5.88. The van der Waals surface area contributed by atoms with E-state index in [4.69, 9.17) is 4.74 Å². The minimum atomic E-state index is -0.932. The first-order valence-corrected chi connectivity index (χ1v) is 10.00. The van der Waals surface area contributed by atoms with Crippen molar-refractivity contribution in [1.29, 1.82) is 0 Å². The monoisotopic (exact) mass is 421 g/mol. The van der Waals surface area contributed by atoms with Gasteiger partial charge >= 0.3 is 6.09 Å². The Balaban J connectivity index is 1.93. The molecule has 0 radical (unpaired) electrons. The van der Waals surface area contributed by atoms with Crippen molar-refractivity contribution in [1.82, 2.24) is 16.0 Å². The number of aldehydes is 1. The Morgan fingerprint density at radius 1 is 1.30 bits per heavy atom. The maximum Gasteiger partial charge on any atom is 0.408 e. The van der Waals surface area contributed by atoms with Crippen LogP contribution in [-0.2, 0) is 25.7 Å². The maximum absolute atomic E-state index is 13.6. The van der Waals surface area contributed by atoms with Gasteiger partial charge in [-0.2, -0.15) is 0 Å². The molecule has 1 fully saturated rings. The van der Waals surface area contributed by atoms with E-state index >= 15 is 0 Å². The number of ether oxygens (including phenoxy) is 1. The fourth-order valence-electron chi connectivity index (χ4n) is 3.25. The van der Waals surface area contributed by atoms with Crippen LogP contribution in [0, 0.1) is 17.7 Å². The molecule has 2 rings (SSSR count). The number of nitrogens with one attached hydrogen (secondary N) is 3. The number of rotatable bonds is 10. The smallest absolute Gasteiger partial charge is 0.408 e. The van der Waals surface area contributed by atoms with Crippen LogP contribution in [0.1, 0.15) is 38.7 Å². The summed E-state index contributed by atoms with van der Waals surface area (Å²) in [5, 5.41) is 7.76. The predicted octanol–water partition coefficient (Wildman–Crippen LogP) is 1.68. The molecule has 0 aliphatic carbocycles. The molecule has 1 aliphatic heterocycles. The summed E-state index contributed by atoms with van der Waals surface area (Å²) in [4.78, 5) is 47.9. The van der Waals surface area contributed by atoms with Gasteiger partial charge in [-0.25, -0.2) is 9.18 Å². The molecule has 0 bridgehead atoms. The van der Waals surface area contributed by atoms with Gasteiger partial charge in [0, 0.05) is 18.0 Å². The van der Waals surface area contributed by atoms with Crippen LogP contribution in [-0.4, -0.2) is 42.8 Å². The van der Waals surface area contributed by atoms with Gasteiger partial charge in [0.05, 0.1) is 6.04 Å². The van der Waals surface area contributed by atoms with Crippen molar-refractivity contribution >= 4 is 24.2 Å². The van der Waals surface area contributed by atoms with E-state index in [1.165, 1.54) is 18.2 Å². The Morgan fingerprint density at radius 2 is 2.03 bits per heavy atom. The van der Waals surface area contributed by atoms with Crippen LogP contribution in [0.5, 0.6) is 0 Å². The van der Waals surface area contributed by atoms with Crippen LogP contribution >= 0.6 is 0 Å². The minimum absolute atomic E-state index is 0.0721. The van der Waals surface area contributed by atoms with Crippen LogP contribution in [0.2, 0.25) is 0 Å². The molecule has 1 saturated heterocycles. The summed E-state index contributed by atoms with van der Waals surface area (Å²) in [7, 11) is 0. The number of benzene rings is 1. The van der Waals surface area contributed by atoms with E-state index < -0.39 is 29.9 Å². The van der Waals surface area contributed by atoms with Gasteiger partial charge in [0.15, 0.2) is 0 Å². The lowest BCUT2D eigenvalue weighted by atomic mass is 9.98. The van der Waals surface area contributed by atoms with Crippen molar-refractivity contribution in [3.05, 3.63) is 35.6 Å². The molecule has 30 heavy (non-hydrogen) atoms. The molecule has 3 amide bonds. The molecule has 0 spiro atoms. The Kier molecular flexibility index (Phi) is 8.76. The highest BCUT2D eigenvalue weighted by Crippen LogP contribution is 2.16. The highest BCUT2D eigenvalue weighted by atomic mass is 19.1. The SMILES string of the molecule is CC(C)CC(NC(=O)OCc1ccccc1F)C(=O)NC(C=O)C[C@@H]1CCNC1=O. The molecule has 1 aromatic carbocycles. The molecule has 8 nitrogen and oxygen atoms in total. The van der Waals surface area contributed by atoms with Gasteiger partial charge in [-0.05, 0) is 31.2 Å². The quantitative estimate of drug-likeness (QED) is 0.498. The summed E-state index contributed by atoms with van der Waals surface area (Å²) in [5.41, 5.74) is 0.216. The normalized spacial score (nSPS) is 17.7. The van der Waals surface area contributed by atoms with Crippen LogP contribution in [0.15, 0.2) is 24.3 Å². The van der Waals surface area contributed by atoms with Crippen LogP contribution in [0.4, 0.5) is 9.18 Å². The fraction of sp³-hybridized carbons (Fsp3) is 0.524. The zero-order chi connectivity index (χ0) is 22.1. The summed E-state index contributed by atoms with van der Waals surface area (Å²) in [6.45, 7) is 4.04. The Hall–Kier alpha value is -2.97. The van der Waals surface area contributed by atoms with E-state index in [9.17, 15) is 23.6 Å². The van der Waals surface area contributed by atoms with Crippen molar-refractivity contribution in [2.24, 2.45) is 11.8 Å². The lowest BCUT2D eigenvalue weighted by Gasteiger charge is -2.23. The predicted molar refractivity (Wildman–Crippen MR) is 107 cm³/mol. The third-order valence-electron chi connectivity index (χ3n) is 4.83. The van der Waals surface area contributed by atoms with Crippen LogP contribution < -0.4 is 16.0 Å². The van der Waals surface area contributed by atoms with E-state index in [1.54, 1.807) is 6.07 Å². The molecular weight excluding hydrogens is 393 g/mol. The third kappa shape index (κ3) is 7.13. The van der Waals surface area contributed by atoms with Gasteiger partial charge in [0.25, 0.3) is 0 Å². The average Bonchev–Trinajstić information content (AvgIpc) is 3.10. The zero-order valence-corrected chi connectivity index (χ0v) is 17.2. The summed E-state index contributed by atoms with van der Waals surface area (Å²) in [5.74, 6) is -1.43. The second-order valence-electron chi connectivity index (χ2n) is 7.76. The minimum Gasteiger partial charge on any atom is -0.445 e. The maximum atomic E-state index is 13.6. The van der Waals surface area contributed by atoms with Crippen LogP contribution in [0.3, 0.4) is 0 Å². The van der Waals surface area contributed by atoms with Gasteiger partial charge in [-0.15, -0.1) is 0 Å². The van der Waals surface area contributed by atoms with Gasteiger partial charge in [-0.1, -0.05) is 32.0 Å². The van der Waals surface area contributed by atoms with Gasteiger partial charge in [-0.3, -0.25) is 9.59 Å². The summed E-state index contributed by atoms with van der Waals surface area (Å²) in [6.07, 6.45) is 0.849.